The number of methoxy groups -OCH3 is 1. The lowest BCUT2D eigenvalue weighted by Gasteiger charge is -2.29. The lowest BCUT2D eigenvalue weighted by Crippen LogP contribution is -2.39. The Labute approximate surface area is 138 Å². The van der Waals surface area contributed by atoms with Gasteiger partial charge in [0.15, 0.2) is 9.84 Å². The van der Waals surface area contributed by atoms with Crippen LogP contribution in [-0.4, -0.2) is 58.8 Å². The Morgan fingerprint density at radius 2 is 1.83 bits per heavy atom. The van der Waals surface area contributed by atoms with Gasteiger partial charge in [-0.05, 0) is 36.2 Å². The maximum Gasteiger partial charge on any atom is 0.253 e. The largest absolute Gasteiger partial charge is 0.384 e. The van der Waals surface area contributed by atoms with Crippen molar-refractivity contribution in [3.05, 3.63) is 29.8 Å². The number of carbonyl (C=O) groups is 1. The fraction of sp³-hybridized carbons (Fsp3) is 0.562. The topological polar surface area (TPSA) is 89.7 Å². The van der Waals surface area contributed by atoms with Crippen molar-refractivity contribution in [3.63, 3.8) is 0 Å². The summed E-state index contributed by atoms with van der Waals surface area (Å²) in [5.41, 5.74) is 5.96. The summed E-state index contributed by atoms with van der Waals surface area (Å²) in [6.07, 6.45) is 0. The lowest BCUT2D eigenvalue weighted by molar-refractivity contribution is 0.0740. The minimum Gasteiger partial charge on any atom is -0.384 e. The van der Waals surface area contributed by atoms with E-state index in [0.29, 0.717) is 18.7 Å². The van der Waals surface area contributed by atoms with E-state index in [9.17, 15) is 13.2 Å². The fourth-order valence-corrected chi connectivity index (χ4v) is 3.29. The molecule has 0 saturated carbocycles. The number of hydrogen-bond donors (Lipinski definition) is 1. The summed E-state index contributed by atoms with van der Waals surface area (Å²) in [5.74, 6) is -0.242. The molecule has 23 heavy (non-hydrogen) atoms. The third-order valence-corrected chi connectivity index (χ3v) is 5.28. The minimum atomic E-state index is -3.38. The average molecular weight is 342 g/mol. The number of hydrogen-bond acceptors (Lipinski definition) is 5. The predicted molar refractivity (Wildman–Crippen MR) is 90.2 cm³/mol. The zero-order valence-corrected chi connectivity index (χ0v) is 15.0. The Hall–Kier alpha value is -1.44. The van der Waals surface area contributed by atoms with Crippen LogP contribution in [0.25, 0.3) is 0 Å². The Bertz CT molecular complexity index is 624. The molecule has 1 aromatic carbocycles. The third-order valence-electron chi connectivity index (χ3n) is 3.58. The van der Waals surface area contributed by atoms with E-state index < -0.39 is 9.84 Å². The Balaban J connectivity index is 2.86. The van der Waals surface area contributed by atoms with Crippen LogP contribution in [0.2, 0.25) is 0 Å². The number of carbonyl (C=O) groups excluding carboxylic acids is 1. The fourth-order valence-electron chi connectivity index (χ4n) is 2.11. The smallest absolute Gasteiger partial charge is 0.253 e. The quantitative estimate of drug-likeness (QED) is 0.766. The van der Waals surface area contributed by atoms with Gasteiger partial charge in [0, 0.05) is 26.3 Å². The summed E-state index contributed by atoms with van der Waals surface area (Å²) < 4.78 is 28.9. The molecule has 0 radical (unpaired) electrons. The van der Waals surface area contributed by atoms with Gasteiger partial charge in [0.25, 0.3) is 5.91 Å². The number of nitrogens with two attached hydrogens (primary N) is 1. The number of benzene rings is 1. The van der Waals surface area contributed by atoms with Gasteiger partial charge in [-0.25, -0.2) is 8.42 Å². The molecule has 1 rings (SSSR count). The summed E-state index contributed by atoms with van der Waals surface area (Å²) in [4.78, 5) is 14.2. The van der Waals surface area contributed by atoms with Crippen LogP contribution in [0.15, 0.2) is 29.2 Å². The van der Waals surface area contributed by atoms with Gasteiger partial charge in [0.1, 0.15) is 0 Å². The zero-order valence-electron chi connectivity index (χ0n) is 14.2. The summed E-state index contributed by atoms with van der Waals surface area (Å²) in [7, 11) is -0.219. The van der Waals surface area contributed by atoms with Gasteiger partial charge in [0.05, 0.1) is 17.3 Å². The van der Waals surface area contributed by atoms with E-state index in [1.807, 2.05) is 13.8 Å². The molecule has 7 heteroatoms. The number of ether oxygens (including phenoxy) is 1. The Morgan fingerprint density at radius 3 is 2.30 bits per heavy atom. The van der Waals surface area contributed by atoms with Crippen LogP contribution >= 0.6 is 0 Å². The van der Waals surface area contributed by atoms with Crippen molar-refractivity contribution >= 4 is 15.7 Å². The monoisotopic (exact) mass is 342 g/mol. The van der Waals surface area contributed by atoms with Crippen molar-refractivity contribution in [2.24, 2.45) is 11.1 Å². The van der Waals surface area contributed by atoms with E-state index >= 15 is 0 Å². The van der Waals surface area contributed by atoms with E-state index in [0.717, 1.165) is 0 Å². The van der Waals surface area contributed by atoms with Crippen LogP contribution < -0.4 is 5.73 Å². The predicted octanol–water partition coefficient (Wildman–Crippen LogP) is 1.16. The van der Waals surface area contributed by atoms with Crippen molar-refractivity contribution in [3.8, 4) is 0 Å². The first-order valence-corrected chi connectivity index (χ1v) is 9.05. The SMILES string of the molecule is COCCS(=O)(=O)c1ccc(C(=O)N(C)CC(C)(C)CN)cc1. The molecule has 0 aromatic heterocycles. The Kier molecular flexibility index (Phi) is 6.73. The zero-order chi connectivity index (χ0) is 17.7. The number of amides is 1. The highest BCUT2D eigenvalue weighted by Gasteiger charge is 2.22. The van der Waals surface area contributed by atoms with Crippen molar-refractivity contribution in [2.45, 2.75) is 18.7 Å². The molecule has 0 atom stereocenters. The molecule has 0 heterocycles. The first-order valence-electron chi connectivity index (χ1n) is 7.40. The van der Waals surface area contributed by atoms with Gasteiger partial charge in [-0.15, -0.1) is 0 Å². The lowest BCUT2D eigenvalue weighted by atomic mass is 9.93. The van der Waals surface area contributed by atoms with E-state index in [-0.39, 0.29) is 28.6 Å². The second-order valence-corrected chi connectivity index (χ2v) is 8.47. The van der Waals surface area contributed by atoms with Crippen LogP contribution in [-0.2, 0) is 14.6 Å². The number of rotatable bonds is 8. The van der Waals surface area contributed by atoms with E-state index in [1.165, 1.54) is 31.4 Å². The van der Waals surface area contributed by atoms with E-state index in [1.54, 1.807) is 11.9 Å². The van der Waals surface area contributed by atoms with Gasteiger partial charge in [-0.2, -0.15) is 0 Å². The van der Waals surface area contributed by atoms with Gasteiger partial charge in [-0.3, -0.25) is 4.79 Å². The molecule has 0 fully saturated rings. The highest BCUT2D eigenvalue weighted by molar-refractivity contribution is 7.91. The molecule has 1 amide bonds. The van der Waals surface area contributed by atoms with Gasteiger partial charge in [-0.1, -0.05) is 13.8 Å². The minimum absolute atomic E-state index is 0.0820. The van der Waals surface area contributed by atoms with E-state index in [4.69, 9.17) is 10.5 Å². The molecule has 6 nitrogen and oxygen atoms in total. The molecule has 0 aliphatic carbocycles. The van der Waals surface area contributed by atoms with Crippen molar-refractivity contribution < 1.29 is 17.9 Å². The second-order valence-electron chi connectivity index (χ2n) is 6.37. The standard InChI is InChI=1S/C16H26N2O4S/c1-16(2,11-17)12-18(3)15(19)13-5-7-14(8-6-13)23(20,21)10-9-22-4/h5-8H,9-12,17H2,1-4H3. The maximum atomic E-state index is 12.4. The van der Waals surface area contributed by atoms with E-state index in [2.05, 4.69) is 0 Å². The molecule has 0 aliphatic rings. The van der Waals surface area contributed by atoms with Crippen molar-refractivity contribution in [1.29, 1.82) is 0 Å². The summed E-state index contributed by atoms with van der Waals surface area (Å²) in [6.45, 7) is 5.11. The second kappa shape index (κ2) is 7.90. The normalized spacial score (nSPS) is 12.2. The molecule has 0 bridgehead atoms. The molecule has 0 aliphatic heterocycles. The van der Waals surface area contributed by atoms with Gasteiger partial charge >= 0.3 is 0 Å². The summed E-state index contributed by atoms with van der Waals surface area (Å²) in [6, 6.07) is 5.99. The summed E-state index contributed by atoms with van der Waals surface area (Å²) in [5, 5.41) is 0. The Morgan fingerprint density at radius 1 is 1.26 bits per heavy atom. The molecule has 2 N–H and O–H groups in total. The molecule has 1 aromatic rings. The van der Waals surface area contributed by atoms with Crippen LogP contribution in [0.5, 0.6) is 0 Å². The highest BCUT2D eigenvalue weighted by atomic mass is 32.2. The molecule has 0 saturated heterocycles. The molecule has 130 valence electrons. The van der Waals surface area contributed by atoms with Crippen LogP contribution in [0, 0.1) is 5.41 Å². The van der Waals surface area contributed by atoms with Crippen molar-refractivity contribution in [1.82, 2.24) is 4.90 Å². The number of sulfone groups is 1. The number of nitrogens with zero attached hydrogens (tertiary/aromatic N) is 1. The van der Waals surface area contributed by atoms with Gasteiger partial charge in [0.2, 0.25) is 0 Å². The molecule has 0 unspecified atom stereocenters. The van der Waals surface area contributed by atoms with Crippen molar-refractivity contribution in [2.75, 3.05) is 39.6 Å². The molecule has 0 spiro atoms. The highest BCUT2D eigenvalue weighted by Crippen LogP contribution is 2.17. The van der Waals surface area contributed by atoms with Crippen LogP contribution in [0.3, 0.4) is 0 Å². The first-order chi connectivity index (χ1) is 10.6. The first kappa shape index (κ1) is 19.6. The molecular weight excluding hydrogens is 316 g/mol. The third kappa shape index (κ3) is 5.60. The average Bonchev–Trinajstić information content (AvgIpc) is 2.52. The summed E-state index contributed by atoms with van der Waals surface area (Å²) >= 11 is 0. The molecular formula is C16H26N2O4S. The van der Waals surface area contributed by atoms with Crippen LogP contribution in [0.4, 0.5) is 0 Å². The van der Waals surface area contributed by atoms with Gasteiger partial charge < -0.3 is 15.4 Å². The van der Waals surface area contributed by atoms with Crippen LogP contribution in [0.1, 0.15) is 24.2 Å². The maximum absolute atomic E-state index is 12.4.